The number of allylic oxidation sites excluding steroid dienone is 1. The largest absolute Gasteiger partial charge is 0.355 e. The van der Waals surface area contributed by atoms with Crippen molar-refractivity contribution in [2.24, 2.45) is 0 Å². The van der Waals surface area contributed by atoms with Crippen LogP contribution in [0.1, 0.15) is 6.42 Å². The van der Waals surface area contributed by atoms with Gasteiger partial charge in [-0.15, -0.1) is 0 Å². The maximum absolute atomic E-state index is 3.74. The van der Waals surface area contributed by atoms with Crippen LogP contribution in [0.15, 0.2) is 224 Å². The highest BCUT2D eigenvalue weighted by molar-refractivity contribution is 6.10. The Hall–Kier alpha value is -7.56. The van der Waals surface area contributed by atoms with E-state index in [-0.39, 0.29) is 6.04 Å². The summed E-state index contributed by atoms with van der Waals surface area (Å²) in [5.41, 5.74) is 14.0. The van der Waals surface area contributed by atoms with Crippen molar-refractivity contribution in [1.29, 1.82) is 0 Å². The monoisotopic (exact) mass is 744 g/mol. The van der Waals surface area contributed by atoms with E-state index < -0.39 is 0 Å². The number of nitrogens with zero attached hydrogens (tertiary/aromatic N) is 3. The summed E-state index contributed by atoms with van der Waals surface area (Å²) in [4.78, 5) is 2.48. The van der Waals surface area contributed by atoms with E-state index in [1.54, 1.807) is 0 Å². The molecule has 0 amide bonds. The lowest BCUT2D eigenvalue weighted by molar-refractivity contribution is 0.780. The molecule has 1 atom stereocenters. The molecule has 10 aromatic rings. The highest BCUT2D eigenvalue weighted by Crippen LogP contribution is 2.38. The summed E-state index contributed by atoms with van der Waals surface area (Å²) in [5.74, 6) is 0. The molecule has 4 heteroatoms. The van der Waals surface area contributed by atoms with Crippen molar-refractivity contribution in [3.8, 4) is 22.5 Å². The smallest absolute Gasteiger partial charge is 0.0561 e. The van der Waals surface area contributed by atoms with Crippen molar-refractivity contribution in [3.63, 3.8) is 0 Å². The number of fused-ring (bicyclic) bond motifs is 6. The summed E-state index contributed by atoms with van der Waals surface area (Å²) in [5, 5.41) is 8.80. The van der Waals surface area contributed by atoms with Crippen LogP contribution in [0.4, 0.5) is 17.1 Å². The van der Waals surface area contributed by atoms with Crippen LogP contribution in [0.2, 0.25) is 0 Å². The molecule has 58 heavy (non-hydrogen) atoms. The van der Waals surface area contributed by atoms with Gasteiger partial charge in [0.15, 0.2) is 0 Å². The standard InChI is InChI=1S/C54H40N4/c1-2-14-38(15-3-1)45-16-4-9-21-50(45)55-39-26-28-40(29-27-39)56(41-30-34-43(35-31-41)57-51-22-10-5-17-46(51)47-18-6-11-23-52(47)57)42-32-36-44(37-33-42)58-53-24-12-7-19-48(53)49-20-8-13-25-54(49)58/h1-28,30-37,40,55H,29H2. The molecule has 0 radical (unpaired) electrons. The Bertz CT molecular complexity index is 2900. The fraction of sp³-hybridized carbons (Fsp3) is 0.0370. The first-order valence-electron chi connectivity index (χ1n) is 20.0. The molecule has 1 aliphatic rings. The first-order valence-corrected chi connectivity index (χ1v) is 20.0. The second-order valence-electron chi connectivity index (χ2n) is 15.0. The van der Waals surface area contributed by atoms with Crippen LogP contribution in [0.5, 0.6) is 0 Å². The highest BCUT2D eigenvalue weighted by Gasteiger charge is 2.22. The summed E-state index contributed by atoms with van der Waals surface area (Å²) >= 11 is 0. The summed E-state index contributed by atoms with van der Waals surface area (Å²) < 4.78 is 4.77. The van der Waals surface area contributed by atoms with E-state index in [4.69, 9.17) is 0 Å². The second-order valence-corrected chi connectivity index (χ2v) is 15.0. The summed E-state index contributed by atoms with van der Waals surface area (Å²) in [7, 11) is 0. The predicted molar refractivity (Wildman–Crippen MR) is 245 cm³/mol. The Morgan fingerprint density at radius 1 is 0.431 bits per heavy atom. The van der Waals surface area contributed by atoms with Gasteiger partial charge in [-0.3, -0.25) is 0 Å². The van der Waals surface area contributed by atoms with Crippen LogP contribution in [-0.2, 0) is 0 Å². The molecular weight excluding hydrogens is 705 g/mol. The zero-order valence-corrected chi connectivity index (χ0v) is 31.9. The molecule has 4 nitrogen and oxygen atoms in total. The Morgan fingerprint density at radius 3 is 1.33 bits per heavy atom. The quantitative estimate of drug-likeness (QED) is 0.168. The zero-order valence-electron chi connectivity index (χ0n) is 31.9. The van der Waals surface area contributed by atoms with Crippen molar-refractivity contribution in [1.82, 2.24) is 9.13 Å². The van der Waals surface area contributed by atoms with Gasteiger partial charge in [-0.25, -0.2) is 0 Å². The van der Waals surface area contributed by atoms with Gasteiger partial charge in [0, 0.05) is 61.2 Å². The van der Waals surface area contributed by atoms with E-state index in [0.717, 1.165) is 40.6 Å². The third kappa shape index (κ3) is 5.77. The maximum Gasteiger partial charge on any atom is 0.0561 e. The molecule has 1 N–H and O–H groups in total. The van der Waals surface area contributed by atoms with Gasteiger partial charge in [0.2, 0.25) is 0 Å². The molecule has 276 valence electrons. The van der Waals surface area contributed by atoms with Crippen LogP contribution >= 0.6 is 0 Å². The lowest BCUT2D eigenvalue weighted by atomic mass is 10.0. The van der Waals surface area contributed by atoms with Crippen molar-refractivity contribution in [2.45, 2.75) is 12.5 Å². The van der Waals surface area contributed by atoms with Crippen LogP contribution in [0.3, 0.4) is 0 Å². The molecule has 11 rings (SSSR count). The van der Waals surface area contributed by atoms with E-state index in [1.807, 2.05) is 0 Å². The third-order valence-corrected chi connectivity index (χ3v) is 11.6. The normalized spacial score (nSPS) is 14.0. The Morgan fingerprint density at radius 2 is 0.862 bits per heavy atom. The Balaban J connectivity index is 0.966. The van der Waals surface area contributed by atoms with Crippen LogP contribution in [0, 0.1) is 0 Å². The molecule has 2 heterocycles. The molecular formula is C54H40N4. The Kier molecular flexibility index (Phi) is 8.25. The van der Waals surface area contributed by atoms with E-state index in [1.165, 1.54) is 54.7 Å². The average molecular weight is 745 g/mol. The number of benzene rings is 8. The molecule has 0 bridgehead atoms. The van der Waals surface area contributed by atoms with Crippen molar-refractivity contribution in [2.75, 3.05) is 10.2 Å². The summed E-state index contributed by atoms with van der Waals surface area (Å²) in [6.07, 6.45) is 7.75. The van der Waals surface area contributed by atoms with Crippen LogP contribution in [-0.4, -0.2) is 15.2 Å². The van der Waals surface area contributed by atoms with E-state index in [9.17, 15) is 0 Å². The van der Waals surface area contributed by atoms with Gasteiger partial charge in [0.25, 0.3) is 0 Å². The molecule has 0 spiro atoms. The van der Waals surface area contributed by atoms with Gasteiger partial charge in [-0.1, -0.05) is 133 Å². The summed E-state index contributed by atoms with van der Waals surface area (Å²) in [6, 6.07) is 72.2. The minimum Gasteiger partial charge on any atom is -0.355 e. The number of hydrogen-bond donors (Lipinski definition) is 1. The predicted octanol–water partition coefficient (Wildman–Crippen LogP) is 14.0. The minimum atomic E-state index is 0.105. The van der Waals surface area contributed by atoms with E-state index in [0.29, 0.717) is 0 Å². The second kappa shape index (κ2) is 14.2. The number of para-hydroxylation sites is 5. The maximum atomic E-state index is 3.74. The van der Waals surface area contributed by atoms with Gasteiger partial charge in [-0.05, 0) is 96.9 Å². The first-order chi connectivity index (χ1) is 28.8. The SMILES string of the molecule is C1=CC(N(c2ccc(-n3c4ccccc4c4ccccc43)cc2)c2ccc(-n3c4ccccc4c4ccccc43)cc2)CC=C1Nc1ccccc1-c1ccccc1. The number of hydrogen-bond acceptors (Lipinski definition) is 2. The molecule has 0 fully saturated rings. The average Bonchev–Trinajstić information content (AvgIpc) is 3.81. The highest BCUT2D eigenvalue weighted by atomic mass is 15.2. The zero-order chi connectivity index (χ0) is 38.4. The fourth-order valence-corrected chi connectivity index (χ4v) is 8.97. The third-order valence-electron chi connectivity index (χ3n) is 11.6. The number of nitrogens with one attached hydrogen (secondary N) is 1. The lowest BCUT2D eigenvalue weighted by Gasteiger charge is -2.33. The van der Waals surface area contributed by atoms with Crippen LogP contribution in [0.25, 0.3) is 66.1 Å². The minimum absolute atomic E-state index is 0.105. The van der Waals surface area contributed by atoms with Gasteiger partial charge >= 0.3 is 0 Å². The van der Waals surface area contributed by atoms with Gasteiger partial charge in [0.1, 0.15) is 0 Å². The molecule has 0 saturated heterocycles. The van der Waals surface area contributed by atoms with E-state index in [2.05, 4.69) is 238 Å². The van der Waals surface area contributed by atoms with Crippen LogP contribution < -0.4 is 10.2 Å². The number of rotatable bonds is 8. The number of aromatic nitrogens is 2. The fourth-order valence-electron chi connectivity index (χ4n) is 8.97. The molecule has 2 aromatic heterocycles. The van der Waals surface area contributed by atoms with Crippen molar-refractivity contribution >= 4 is 60.7 Å². The molecule has 8 aromatic carbocycles. The first kappa shape index (κ1) is 33.8. The van der Waals surface area contributed by atoms with Crippen molar-refractivity contribution in [3.05, 3.63) is 224 Å². The number of anilines is 3. The molecule has 0 saturated carbocycles. The lowest BCUT2D eigenvalue weighted by Crippen LogP contribution is -2.30. The van der Waals surface area contributed by atoms with Crippen molar-refractivity contribution < 1.29 is 0 Å². The molecule has 1 aliphatic carbocycles. The van der Waals surface area contributed by atoms with Gasteiger partial charge in [0.05, 0.1) is 28.1 Å². The Labute approximate surface area is 337 Å². The van der Waals surface area contributed by atoms with Gasteiger partial charge < -0.3 is 19.4 Å². The molecule has 1 unspecified atom stereocenters. The summed E-state index contributed by atoms with van der Waals surface area (Å²) in [6.45, 7) is 0. The van der Waals surface area contributed by atoms with E-state index >= 15 is 0 Å². The molecule has 0 aliphatic heterocycles. The topological polar surface area (TPSA) is 25.1 Å². The van der Waals surface area contributed by atoms with Gasteiger partial charge in [-0.2, -0.15) is 0 Å².